The Morgan fingerprint density at radius 2 is 1.66 bits per heavy atom. The van der Waals surface area contributed by atoms with Gasteiger partial charge in [0.1, 0.15) is 12.1 Å². The highest BCUT2D eigenvalue weighted by atomic mass is 16.5. The molecule has 2 aromatic rings. The lowest BCUT2D eigenvalue weighted by Gasteiger charge is -2.26. The molecule has 0 aromatic heterocycles. The minimum atomic E-state index is -1.04. The zero-order valence-electron chi connectivity index (χ0n) is 18.3. The second-order valence-electron chi connectivity index (χ2n) is 8.81. The third-order valence-corrected chi connectivity index (χ3v) is 6.60. The number of alkyl carbamates (subject to hydrolysis) is 1. The number of likely N-dealkylation sites (N-methyl/N-ethyl adjacent to an activating group) is 1. The molecule has 1 fully saturated rings. The van der Waals surface area contributed by atoms with Crippen LogP contribution in [0.5, 0.6) is 0 Å². The Balaban J connectivity index is 1.27. The summed E-state index contributed by atoms with van der Waals surface area (Å²) in [6.07, 6.45) is 0.604. The first-order valence-corrected chi connectivity index (χ1v) is 10.9. The summed E-state index contributed by atoms with van der Waals surface area (Å²) in [5.41, 5.74) is 3.59. The first-order chi connectivity index (χ1) is 15.3. The number of carboxylic acids is 1. The van der Waals surface area contributed by atoms with Crippen molar-refractivity contribution in [2.75, 3.05) is 20.2 Å². The topological polar surface area (TPSA) is 95.9 Å². The van der Waals surface area contributed by atoms with Crippen LogP contribution in [0.15, 0.2) is 48.5 Å². The second kappa shape index (κ2) is 8.65. The number of carbonyl (C=O) groups excluding carboxylic acids is 2. The molecule has 2 amide bonds. The van der Waals surface area contributed by atoms with Gasteiger partial charge in [0.2, 0.25) is 5.91 Å². The van der Waals surface area contributed by atoms with Gasteiger partial charge >= 0.3 is 12.1 Å². The van der Waals surface area contributed by atoms with Gasteiger partial charge in [-0.2, -0.15) is 0 Å². The normalized spacial score (nSPS) is 16.4. The molecule has 0 heterocycles. The van der Waals surface area contributed by atoms with Crippen molar-refractivity contribution in [1.82, 2.24) is 10.2 Å². The molecule has 2 aliphatic rings. The van der Waals surface area contributed by atoms with Gasteiger partial charge in [0.15, 0.2) is 0 Å². The van der Waals surface area contributed by atoms with Crippen molar-refractivity contribution in [3.8, 4) is 11.1 Å². The number of carbonyl (C=O) groups is 3. The van der Waals surface area contributed by atoms with Gasteiger partial charge in [-0.05, 0) is 41.0 Å². The van der Waals surface area contributed by atoms with E-state index in [0.29, 0.717) is 12.8 Å². The van der Waals surface area contributed by atoms with Crippen LogP contribution in [0.25, 0.3) is 11.1 Å². The Morgan fingerprint density at radius 3 is 2.19 bits per heavy atom. The highest BCUT2D eigenvalue weighted by molar-refractivity contribution is 5.89. The Hall–Kier alpha value is -3.35. The van der Waals surface area contributed by atoms with Gasteiger partial charge in [0.25, 0.3) is 0 Å². The number of nitrogens with one attached hydrogen (secondary N) is 1. The van der Waals surface area contributed by atoms with E-state index in [2.05, 4.69) is 29.6 Å². The van der Waals surface area contributed by atoms with Crippen LogP contribution < -0.4 is 5.32 Å². The summed E-state index contributed by atoms with van der Waals surface area (Å²) in [7, 11) is 1.54. The van der Waals surface area contributed by atoms with Crippen molar-refractivity contribution in [2.45, 2.75) is 37.6 Å². The number of nitrogens with zero attached hydrogens (tertiary/aromatic N) is 1. The van der Waals surface area contributed by atoms with Gasteiger partial charge in [-0.3, -0.25) is 4.79 Å². The van der Waals surface area contributed by atoms with Crippen molar-refractivity contribution < 1.29 is 24.2 Å². The molecular weight excluding hydrogens is 408 g/mol. The number of hydrogen-bond acceptors (Lipinski definition) is 4. The zero-order valence-corrected chi connectivity index (χ0v) is 18.3. The Labute approximate surface area is 187 Å². The summed E-state index contributed by atoms with van der Waals surface area (Å²) in [5, 5.41) is 12.1. The van der Waals surface area contributed by atoms with Crippen LogP contribution in [0.3, 0.4) is 0 Å². The van der Waals surface area contributed by atoms with E-state index in [0.717, 1.165) is 11.1 Å². The monoisotopic (exact) mass is 436 g/mol. The SMILES string of the molecule is CC(CNC(=O)OCC1c2ccccc2-c2ccccc21)CC(=O)N(C)C1(C(=O)O)CC1. The van der Waals surface area contributed by atoms with Gasteiger partial charge in [0, 0.05) is 25.9 Å². The Morgan fingerprint density at radius 1 is 1.09 bits per heavy atom. The molecule has 2 N–H and O–H groups in total. The highest BCUT2D eigenvalue weighted by Crippen LogP contribution is 2.44. The summed E-state index contributed by atoms with van der Waals surface area (Å²) in [4.78, 5) is 37.5. The molecule has 4 rings (SSSR count). The first kappa shape index (κ1) is 21.9. The highest BCUT2D eigenvalue weighted by Gasteiger charge is 2.55. The van der Waals surface area contributed by atoms with Gasteiger partial charge in [-0.25, -0.2) is 9.59 Å². The fourth-order valence-corrected chi connectivity index (χ4v) is 4.46. The predicted octanol–water partition coefficient (Wildman–Crippen LogP) is 3.63. The Bertz CT molecular complexity index is 1000. The number of hydrogen-bond donors (Lipinski definition) is 2. The molecule has 1 atom stereocenters. The molecule has 32 heavy (non-hydrogen) atoms. The molecule has 168 valence electrons. The number of amides is 2. The van der Waals surface area contributed by atoms with E-state index in [9.17, 15) is 19.5 Å². The van der Waals surface area contributed by atoms with Gasteiger partial charge < -0.3 is 20.1 Å². The van der Waals surface area contributed by atoms with Crippen LogP contribution in [0, 0.1) is 5.92 Å². The van der Waals surface area contributed by atoms with Crippen LogP contribution >= 0.6 is 0 Å². The number of ether oxygens (including phenoxy) is 1. The van der Waals surface area contributed by atoms with Crippen LogP contribution in [0.4, 0.5) is 4.79 Å². The maximum atomic E-state index is 12.4. The standard InChI is InChI=1S/C25H28N2O5/c1-16(13-22(28)27(2)25(11-12-25)23(29)30)14-26-24(31)32-15-21-19-9-5-3-7-17(19)18-8-4-6-10-20(18)21/h3-10,16,21H,11-15H2,1-2H3,(H,26,31)(H,29,30). The summed E-state index contributed by atoms with van der Waals surface area (Å²) in [6, 6.07) is 16.3. The van der Waals surface area contributed by atoms with E-state index >= 15 is 0 Å². The van der Waals surface area contributed by atoms with Crippen LogP contribution in [0.2, 0.25) is 0 Å². The van der Waals surface area contributed by atoms with Crippen molar-refractivity contribution in [3.63, 3.8) is 0 Å². The smallest absolute Gasteiger partial charge is 0.407 e. The van der Waals surface area contributed by atoms with Crippen LogP contribution in [0.1, 0.15) is 43.2 Å². The molecule has 7 nitrogen and oxygen atoms in total. The first-order valence-electron chi connectivity index (χ1n) is 10.9. The molecule has 0 saturated heterocycles. The number of carboxylic acid groups (broad SMARTS) is 1. The maximum absolute atomic E-state index is 12.4. The van der Waals surface area contributed by atoms with Gasteiger partial charge in [0.05, 0.1) is 0 Å². The molecular formula is C25H28N2O5. The van der Waals surface area contributed by atoms with E-state index in [-0.39, 0.29) is 37.3 Å². The summed E-state index contributed by atoms with van der Waals surface area (Å²) in [5.74, 6) is -1.34. The molecule has 1 saturated carbocycles. The maximum Gasteiger partial charge on any atom is 0.407 e. The molecule has 0 bridgehead atoms. The van der Waals surface area contributed by atoms with Crippen molar-refractivity contribution in [3.05, 3.63) is 59.7 Å². The fraction of sp³-hybridized carbons (Fsp3) is 0.400. The predicted molar refractivity (Wildman–Crippen MR) is 119 cm³/mol. The quantitative estimate of drug-likeness (QED) is 0.659. The van der Waals surface area contributed by atoms with E-state index in [1.165, 1.54) is 23.1 Å². The lowest BCUT2D eigenvalue weighted by Crippen LogP contribution is -2.45. The number of aliphatic carboxylic acids is 1. The third-order valence-electron chi connectivity index (χ3n) is 6.60. The van der Waals surface area contributed by atoms with E-state index < -0.39 is 17.6 Å². The summed E-state index contributed by atoms with van der Waals surface area (Å²) >= 11 is 0. The molecule has 1 unspecified atom stereocenters. The number of fused-ring (bicyclic) bond motifs is 3. The van der Waals surface area contributed by atoms with Gasteiger partial charge in [-0.1, -0.05) is 55.5 Å². The molecule has 2 aromatic carbocycles. The summed E-state index contributed by atoms with van der Waals surface area (Å²) in [6.45, 7) is 2.35. The Kier molecular flexibility index (Phi) is 5.91. The zero-order chi connectivity index (χ0) is 22.9. The molecule has 0 spiro atoms. The minimum absolute atomic E-state index is 0.00782. The third kappa shape index (κ3) is 4.07. The van der Waals surface area contributed by atoms with Crippen molar-refractivity contribution >= 4 is 18.0 Å². The lowest BCUT2D eigenvalue weighted by atomic mass is 9.98. The average molecular weight is 437 g/mol. The van der Waals surface area contributed by atoms with Crippen molar-refractivity contribution in [2.24, 2.45) is 5.92 Å². The molecule has 7 heteroatoms. The van der Waals surface area contributed by atoms with Crippen molar-refractivity contribution in [1.29, 1.82) is 0 Å². The molecule has 0 aliphatic heterocycles. The van der Waals surface area contributed by atoms with Crippen LogP contribution in [-0.4, -0.2) is 53.7 Å². The lowest BCUT2D eigenvalue weighted by molar-refractivity contribution is -0.151. The molecule has 0 radical (unpaired) electrons. The molecule has 2 aliphatic carbocycles. The van der Waals surface area contributed by atoms with Crippen LogP contribution in [-0.2, 0) is 14.3 Å². The average Bonchev–Trinajstić information content (AvgIpc) is 3.54. The minimum Gasteiger partial charge on any atom is -0.479 e. The van der Waals surface area contributed by atoms with Gasteiger partial charge in [-0.15, -0.1) is 0 Å². The fourth-order valence-electron chi connectivity index (χ4n) is 4.46. The number of benzene rings is 2. The second-order valence-corrected chi connectivity index (χ2v) is 8.81. The summed E-state index contributed by atoms with van der Waals surface area (Å²) < 4.78 is 5.52. The van der Waals surface area contributed by atoms with E-state index in [1.54, 1.807) is 0 Å². The van der Waals surface area contributed by atoms with E-state index in [4.69, 9.17) is 4.74 Å². The van der Waals surface area contributed by atoms with E-state index in [1.807, 2.05) is 31.2 Å². The number of rotatable bonds is 8. The largest absolute Gasteiger partial charge is 0.479 e.